The Balaban J connectivity index is 1.66. The summed E-state index contributed by atoms with van der Waals surface area (Å²) in [5.74, 6) is 0.471. The van der Waals surface area contributed by atoms with Crippen molar-refractivity contribution in [3.05, 3.63) is 22.4 Å². The molecule has 1 atom stereocenters. The summed E-state index contributed by atoms with van der Waals surface area (Å²) >= 11 is 1.38. The van der Waals surface area contributed by atoms with Crippen molar-refractivity contribution in [2.75, 3.05) is 26.2 Å². The lowest BCUT2D eigenvalue weighted by atomic mass is 9.88. The van der Waals surface area contributed by atoms with Crippen LogP contribution in [-0.2, 0) is 9.59 Å². The standard InChI is InChI=1S/C21H31N3O3S/c1-15(2)14-18(25)23-11-7-16(8-12-23)19(21(27)24-9-3-4-10-24)22-20(26)17-6-5-13-28-17/h5-6,13,15-16,19H,3-4,7-12,14H2,1-2H3,(H,22,26)/t19-/m0/s1. The lowest BCUT2D eigenvalue weighted by Gasteiger charge is -2.37. The van der Waals surface area contributed by atoms with E-state index in [1.807, 2.05) is 21.2 Å². The Morgan fingerprint density at radius 3 is 2.36 bits per heavy atom. The molecule has 3 amide bonds. The van der Waals surface area contributed by atoms with Crippen molar-refractivity contribution in [2.45, 2.75) is 52.0 Å². The van der Waals surface area contributed by atoms with Crippen LogP contribution in [-0.4, -0.2) is 59.7 Å². The normalized spacial score (nSPS) is 19.1. The summed E-state index contributed by atoms with van der Waals surface area (Å²) in [6, 6.07) is 3.12. The number of amides is 3. The summed E-state index contributed by atoms with van der Waals surface area (Å²) < 4.78 is 0. The third-order valence-electron chi connectivity index (χ3n) is 5.66. The molecule has 0 bridgehead atoms. The Bertz CT molecular complexity index is 675. The molecule has 1 aromatic heterocycles. The molecule has 2 aliphatic rings. The molecule has 0 spiro atoms. The predicted octanol–water partition coefficient (Wildman–Crippen LogP) is 2.75. The molecule has 7 heteroatoms. The maximum absolute atomic E-state index is 13.1. The van der Waals surface area contributed by atoms with Gasteiger partial charge in [0.15, 0.2) is 0 Å². The fourth-order valence-corrected chi connectivity index (χ4v) is 4.72. The Morgan fingerprint density at radius 2 is 1.79 bits per heavy atom. The average molecular weight is 406 g/mol. The Kier molecular flexibility index (Phi) is 7.10. The minimum absolute atomic E-state index is 0.0364. The van der Waals surface area contributed by atoms with E-state index in [2.05, 4.69) is 19.2 Å². The highest BCUT2D eigenvalue weighted by Crippen LogP contribution is 2.25. The van der Waals surface area contributed by atoms with E-state index in [0.717, 1.165) is 38.8 Å². The van der Waals surface area contributed by atoms with Crippen molar-refractivity contribution in [3.63, 3.8) is 0 Å². The summed E-state index contributed by atoms with van der Waals surface area (Å²) in [4.78, 5) is 42.5. The fraction of sp³-hybridized carbons (Fsp3) is 0.667. The number of piperidine rings is 1. The van der Waals surface area contributed by atoms with E-state index in [-0.39, 0.29) is 23.6 Å². The Morgan fingerprint density at radius 1 is 1.11 bits per heavy atom. The fourth-order valence-electron chi connectivity index (χ4n) is 4.10. The largest absolute Gasteiger partial charge is 0.343 e. The zero-order valence-corrected chi connectivity index (χ0v) is 17.7. The molecule has 2 saturated heterocycles. The first-order valence-corrected chi connectivity index (χ1v) is 11.2. The van der Waals surface area contributed by atoms with Crippen LogP contribution in [0.1, 0.15) is 55.6 Å². The van der Waals surface area contributed by atoms with Gasteiger partial charge in [-0.3, -0.25) is 14.4 Å². The van der Waals surface area contributed by atoms with Gasteiger partial charge in [-0.05, 0) is 49.0 Å². The first-order valence-electron chi connectivity index (χ1n) is 10.4. The molecule has 2 fully saturated rings. The van der Waals surface area contributed by atoms with Crippen molar-refractivity contribution in [1.29, 1.82) is 0 Å². The quantitative estimate of drug-likeness (QED) is 0.791. The molecule has 0 unspecified atom stereocenters. The van der Waals surface area contributed by atoms with E-state index >= 15 is 0 Å². The van der Waals surface area contributed by atoms with E-state index in [1.165, 1.54) is 11.3 Å². The minimum Gasteiger partial charge on any atom is -0.343 e. The molecule has 3 heterocycles. The summed E-state index contributed by atoms with van der Waals surface area (Å²) in [7, 11) is 0. The number of hydrogen-bond acceptors (Lipinski definition) is 4. The number of carbonyl (C=O) groups is 3. The van der Waals surface area contributed by atoms with Crippen molar-refractivity contribution in [1.82, 2.24) is 15.1 Å². The highest BCUT2D eigenvalue weighted by Gasteiger charge is 2.36. The van der Waals surface area contributed by atoms with Gasteiger partial charge in [-0.1, -0.05) is 19.9 Å². The molecule has 154 valence electrons. The van der Waals surface area contributed by atoms with Gasteiger partial charge in [0.1, 0.15) is 6.04 Å². The van der Waals surface area contributed by atoms with E-state index in [1.54, 1.807) is 6.07 Å². The molecule has 0 saturated carbocycles. The second kappa shape index (κ2) is 9.54. The minimum atomic E-state index is -0.505. The van der Waals surface area contributed by atoms with Crippen LogP contribution in [0.15, 0.2) is 17.5 Å². The molecule has 6 nitrogen and oxygen atoms in total. The molecule has 28 heavy (non-hydrogen) atoms. The number of carbonyl (C=O) groups excluding carboxylic acids is 3. The van der Waals surface area contributed by atoms with Crippen LogP contribution in [0, 0.1) is 11.8 Å². The van der Waals surface area contributed by atoms with Crippen molar-refractivity contribution >= 4 is 29.1 Å². The molecule has 3 rings (SSSR count). The van der Waals surface area contributed by atoms with E-state index < -0.39 is 6.04 Å². The summed E-state index contributed by atoms with van der Waals surface area (Å²) in [5.41, 5.74) is 0. The van der Waals surface area contributed by atoms with Gasteiger partial charge in [0, 0.05) is 32.6 Å². The summed E-state index contributed by atoms with van der Waals surface area (Å²) in [6.45, 7) is 6.97. The smallest absolute Gasteiger partial charge is 0.262 e. The van der Waals surface area contributed by atoms with Crippen LogP contribution in [0.4, 0.5) is 0 Å². The number of nitrogens with zero attached hydrogens (tertiary/aromatic N) is 2. The molecule has 1 aromatic rings. The Hall–Kier alpha value is -1.89. The van der Waals surface area contributed by atoms with Gasteiger partial charge in [-0.15, -0.1) is 11.3 Å². The molecular weight excluding hydrogens is 374 g/mol. The summed E-state index contributed by atoms with van der Waals surface area (Å²) in [6.07, 6.45) is 4.12. The van der Waals surface area contributed by atoms with E-state index in [4.69, 9.17) is 0 Å². The molecule has 0 aromatic carbocycles. The van der Waals surface area contributed by atoms with Crippen LogP contribution in [0.25, 0.3) is 0 Å². The van der Waals surface area contributed by atoms with Gasteiger partial charge >= 0.3 is 0 Å². The van der Waals surface area contributed by atoms with Gasteiger partial charge in [0.05, 0.1) is 4.88 Å². The molecular formula is C21H31N3O3S. The first kappa shape index (κ1) is 20.8. The van der Waals surface area contributed by atoms with Crippen LogP contribution < -0.4 is 5.32 Å². The Labute approximate surface area is 171 Å². The van der Waals surface area contributed by atoms with Gasteiger partial charge in [0.25, 0.3) is 5.91 Å². The zero-order valence-electron chi connectivity index (χ0n) is 16.9. The van der Waals surface area contributed by atoms with Crippen molar-refractivity contribution in [3.8, 4) is 0 Å². The molecule has 1 N–H and O–H groups in total. The number of nitrogens with one attached hydrogen (secondary N) is 1. The maximum atomic E-state index is 13.1. The van der Waals surface area contributed by atoms with Crippen molar-refractivity contribution in [2.24, 2.45) is 11.8 Å². The molecule has 0 aliphatic carbocycles. The second-order valence-corrected chi connectivity index (χ2v) is 9.22. The third-order valence-corrected chi connectivity index (χ3v) is 6.53. The molecule has 0 radical (unpaired) electrons. The maximum Gasteiger partial charge on any atom is 0.262 e. The average Bonchev–Trinajstić information content (AvgIpc) is 3.39. The van der Waals surface area contributed by atoms with Crippen LogP contribution in [0.2, 0.25) is 0 Å². The topological polar surface area (TPSA) is 69.7 Å². The SMILES string of the molecule is CC(C)CC(=O)N1CCC([C@H](NC(=O)c2cccs2)C(=O)N2CCCC2)CC1. The number of rotatable bonds is 6. The van der Waals surface area contributed by atoms with E-state index in [9.17, 15) is 14.4 Å². The highest BCUT2D eigenvalue weighted by molar-refractivity contribution is 7.12. The van der Waals surface area contributed by atoms with Gasteiger partial charge in [0.2, 0.25) is 11.8 Å². The second-order valence-electron chi connectivity index (χ2n) is 8.28. The van der Waals surface area contributed by atoms with Crippen LogP contribution in [0.3, 0.4) is 0 Å². The van der Waals surface area contributed by atoms with Gasteiger partial charge in [-0.25, -0.2) is 0 Å². The van der Waals surface area contributed by atoms with Crippen molar-refractivity contribution < 1.29 is 14.4 Å². The number of thiophene rings is 1. The van der Waals surface area contributed by atoms with Gasteiger partial charge < -0.3 is 15.1 Å². The monoisotopic (exact) mass is 405 g/mol. The predicted molar refractivity (Wildman–Crippen MR) is 110 cm³/mol. The lowest BCUT2D eigenvalue weighted by Crippen LogP contribution is -2.54. The van der Waals surface area contributed by atoms with Crippen LogP contribution >= 0.6 is 11.3 Å². The third kappa shape index (κ3) is 5.13. The van der Waals surface area contributed by atoms with Gasteiger partial charge in [-0.2, -0.15) is 0 Å². The molecule has 2 aliphatic heterocycles. The van der Waals surface area contributed by atoms with Crippen LogP contribution in [0.5, 0.6) is 0 Å². The summed E-state index contributed by atoms with van der Waals surface area (Å²) in [5, 5.41) is 4.89. The lowest BCUT2D eigenvalue weighted by molar-refractivity contribution is -0.135. The number of likely N-dealkylation sites (tertiary alicyclic amines) is 2. The first-order chi connectivity index (χ1) is 13.5. The highest BCUT2D eigenvalue weighted by atomic mass is 32.1. The number of hydrogen-bond donors (Lipinski definition) is 1. The van der Waals surface area contributed by atoms with E-state index in [0.29, 0.717) is 30.3 Å². The zero-order chi connectivity index (χ0) is 20.1.